The van der Waals surface area contributed by atoms with Crippen molar-refractivity contribution in [1.29, 1.82) is 0 Å². The molecule has 15 heavy (non-hydrogen) atoms. The highest BCUT2D eigenvalue weighted by atomic mass is 16.5. The van der Waals surface area contributed by atoms with Crippen LogP contribution in [-0.2, 0) is 0 Å². The summed E-state index contributed by atoms with van der Waals surface area (Å²) in [6, 6.07) is 7.71. The molecule has 0 aromatic heterocycles. The highest BCUT2D eigenvalue weighted by Gasteiger charge is 2.21. The smallest absolute Gasteiger partial charge is 0.119 e. The highest BCUT2D eigenvalue weighted by molar-refractivity contribution is 5.31. The summed E-state index contributed by atoms with van der Waals surface area (Å²) in [5.74, 6) is 2.55. The van der Waals surface area contributed by atoms with Crippen molar-refractivity contribution in [2.45, 2.75) is 12.8 Å². The van der Waals surface area contributed by atoms with E-state index >= 15 is 0 Å². The molecule has 2 N–H and O–H groups in total. The second-order valence-corrected chi connectivity index (χ2v) is 3.86. The van der Waals surface area contributed by atoms with Crippen molar-refractivity contribution in [3.05, 3.63) is 24.3 Å². The maximum atomic E-state index is 5.61. The van der Waals surface area contributed by atoms with Crippen molar-refractivity contribution in [1.82, 2.24) is 0 Å². The van der Waals surface area contributed by atoms with Gasteiger partial charge in [-0.1, -0.05) is 0 Å². The van der Waals surface area contributed by atoms with Gasteiger partial charge in [0.25, 0.3) is 0 Å². The largest absolute Gasteiger partial charge is 0.493 e. The third-order valence-electron chi connectivity index (χ3n) is 2.39. The summed E-state index contributed by atoms with van der Waals surface area (Å²) in [4.78, 5) is 0. The minimum Gasteiger partial charge on any atom is -0.493 e. The van der Waals surface area contributed by atoms with Crippen LogP contribution >= 0.6 is 0 Å². The van der Waals surface area contributed by atoms with Gasteiger partial charge in [-0.25, -0.2) is 0 Å². The van der Waals surface area contributed by atoms with Gasteiger partial charge < -0.3 is 15.2 Å². The first-order valence-electron chi connectivity index (χ1n) is 5.44. The highest BCUT2D eigenvalue weighted by Crippen LogP contribution is 2.29. The van der Waals surface area contributed by atoms with Gasteiger partial charge in [0, 0.05) is 6.54 Å². The quantitative estimate of drug-likeness (QED) is 0.773. The lowest BCUT2D eigenvalue weighted by Gasteiger charge is -2.07. The summed E-state index contributed by atoms with van der Waals surface area (Å²) in [6.45, 7) is 1.95. The summed E-state index contributed by atoms with van der Waals surface area (Å²) in [5, 5.41) is 0. The zero-order chi connectivity index (χ0) is 10.5. The number of nitrogens with two attached hydrogens (primary N) is 1. The first-order chi connectivity index (χ1) is 7.38. The number of benzene rings is 1. The van der Waals surface area contributed by atoms with E-state index in [1.54, 1.807) is 0 Å². The van der Waals surface area contributed by atoms with Gasteiger partial charge in [0.15, 0.2) is 0 Å². The zero-order valence-electron chi connectivity index (χ0n) is 8.82. The maximum absolute atomic E-state index is 5.61. The van der Waals surface area contributed by atoms with Crippen LogP contribution in [0.1, 0.15) is 12.8 Å². The summed E-state index contributed by atoms with van der Waals surface area (Å²) in [7, 11) is 0. The molecule has 0 saturated heterocycles. The predicted molar refractivity (Wildman–Crippen MR) is 59.2 cm³/mol. The average Bonchev–Trinajstić information content (AvgIpc) is 3.09. The molecule has 1 fully saturated rings. The summed E-state index contributed by atoms with van der Waals surface area (Å²) >= 11 is 0. The molecular weight excluding hydrogens is 190 g/mol. The van der Waals surface area contributed by atoms with Crippen LogP contribution in [0.5, 0.6) is 11.5 Å². The molecule has 82 valence electrons. The Morgan fingerprint density at radius 2 is 1.67 bits per heavy atom. The standard InChI is InChI=1S/C12H17NO2/c13-7-8-14-11-3-5-12(6-4-11)15-9-10-1-2-10/h3-6,10H,1-2,7-9,13H2. The van der Waals surface area contributed by atoms with Crippen LogP contribution in [-0.4, -0.2) is 19.8 Å². The second kappa shape index (κ2) is 5.03. The van der Waals surface area contributed by atoms with E-state index < -0.39 is 0 Å². The lowest BCUT2D eigenvalue weighted by Crippen LogP contribution is -2.10. The van der Waals surface area contributed by atoms with Gasteiger partial charge in [0.05, 0.1) is 6.61 Å². The molecule has 0 atom stereocenters. The van der Waals surface area contributed by atoms with Crippen LogP contribution in [0.4, 0.5) is 0 Å². The Bertz CT molecular complexity index is 293. The molecule has 0 radical (unpaired) electrons. The van der Waals surface area contributed by atoms with E-state index in [9.17, 15) is 0 Å². The molecule has 2 rings (SSSR count). The van der Waals surface area contributed by atoms with Crippen LogP contribution in [0.2, 0.25) is 0 Å². The average molecular weight is 207 g/mol. The molecule has 0 aliphatic heterocycles. The lowest BCUT2D eigenvalue weighted by molar-refractivity contribution is 0.297. The molecule has 1 saturated carbocycles. The second-order valence-electron chi connectivity index (χ2n) is 3.86. The van der Waals surface area contributed by atoms with Gasteiger partial charge in [0.2, 0.25) is 0 Å². The van der Waals surface area contributed by atoms with Crippen molar-refractivity contribution >= 4 is 0 Å². The number of ether oxygens (including phenoxy) is 2. The van der Waals surface area contributed by atoms with Crippen molar-refractivity contribution in [2.75, 3.05) is 19.8 Å². The van der Waals surface area contributed by atoms with Crippen LogP contribution in [0.15, 0.2) is 24.3 Å². The monoisotopic (exact) mass is 207 g/mol. The molecule has 1 aliphatic rings. The van der Waals surface area contributed by atoms with Gasteiger partial charge in [-0.05, 0) is 43.0 Å². The topological polar surface area (TPSA) is 44.5 Å². The van der Waals surface area contributed by atoms with Gasteiger partial charge >= 0.3 is 0 Å². The van der Waals surface area contributed by atoms with Crippen molar-refractivity contribution in [3.8, 4) is 11.5 Å². The molecule has 0 heterocycles. The molecule has 1 aromatic carbocycles. The third kappa shape index (κ3) is 3.44. The Morgan fingerprint density at radius 1 is 1.07 bits per heavy atom. The van der Waals surface area contributed by atoms with Crippen molar-refractivity contribution in [2.24, 2.45) is 11.7 Å². The summed E-state index contributed by atoms with van der Waals surface area (Å²) in [5.41, 5.74) is 5.34. The van der Waals surface area contributed by atoms with Gasteiger partial charge in [0.1, 0.15) is 18.1 Å². The van der Waals surface area contributed by atoms with Crippen LogP contribution in [0.3, 0.4) is 0 Å². The van der Waals surface area contributed by atoms with Gasteiger partial charge in [-0.15, -0.1) is 0 Å². The number of hydrogen-bond acceptors (Lipinski definition) is 3. The Morgan fingerprint density at radius 3 is 2.20 bits per heavy atom. The fourth-order valence-electron chi connectivity index (χ4n) is 1.31. The molecule has 0 spiro atoms. The summed E-state index contributed by atoms with van der Waals surface area (Å²) < 4.78 is 11.0. The molecule has 3 heteroatoms. The number of rotatable bonds is 6. The fourth-order valence-corrected chi connectivity index (χ4v) is 1.31. The first-order valence-corrected chi connectivity index (χ1v) is 5.44. The third-order valence-corrected chi connectivity index (χ3v) is 2.39. The molecule has 1 aliphatic carbocycles. The summed E-state index contributed by atoms with van der Waals surface area (Å²) in [6.07, 6.45) is 2.63. The van der Waals surface area contributed by atoms with Crippen LogP contribution < -0.4 is 15.2 Å². The lowest BCUT2D eigenvalue weighted by atomic mass is 10.3. The molecule has 1 aromatic rings. The van der Waals surface area contributed by atoms with E-state index in [-0.39, 0.29) is 0 Å². The Hall–Kier alpha value is -1.22. The molecule has 3 nitrogen and oxygen atoms in total. The minimum absolute atomic E-state index is 0.542. The van der Waals surface area contributed by atoms with Crippen molar-refractivity contribution < 1.29 is 9.47 Å². The van der Waals surface area contributed by atoms with E-state index in [1.165, 1.54) is 12.8 Å². The van der Waals surface area contributed by atoms with E-state index in [4.69, 9.17) is 15.2 Å². The predicted octanol–water partition coefficient (Wildman–Crippen LogP) is 1.81. The van der Waals surface area contributed by atoms with E-state index in [0.29, 0.717) is 13.2 Å². The van der Waals surface area contributed by atoms with Gasteiger partial charge in [-0.2, -0.15) is 0 Å². The Labute approximate surface area is 90.2 Å². The van der Waals surface area contributed by atoms with Crippen LogP contribution in [0.25, 0.3) is 0 Å². The fraction of sp³-hybridized carbons (Fsp3) is 0.500. The van der Waals surface area contributed by atoms with Gasteiger partial charge in [-0.3, -0.25) is 0 Å². The van der Waals surface area contributed by atoms with Crippen molar-refractivity contribution in [3.63, 3.8) is 0 Å². The molecule has 0 bridgehead atoms. The van der Waals surface area contributed by atoms with E-state index in [1.807, 2.05) is 24.3 Å². The molecule has 0 unspecified atom stereocenters. The van der Waals surface area contributed by atoms with E-state index in [0.717, 1.165) is 24.0 Å². The SMILES string of the molecule is NCCOc1ccc(OCC2CC2)cc1. The first kappa shape index (κ1) is 10.3. The molecular formula is C12H17NO2. The Balaban J connectivity index is 1.79. The normalized spacial score (nSPS) is 15.0. The van der Waals surface area contributed by atoms with E-state index in [2.05, 4.69) is 0 Å². The zero-order valence-corrected chi connectivity index (χ0v) is 8.82. The maximum Gasteiger partial charge on any atom is 0.119 e. The Kier molecular flexibility index (Phi) is 3.45. The minimum atomic E-state index is 0.542. The number of hydrogen-bond donors (Lipinski definition) is 1. The molecule has 0 amide bonds. The van der Waals surface area contributed by atoms with Crippen LogP contribution in [0, 0.1) is 5.92 Å².